The molecule has 1 unspecified atom stereocenters. The summed E-state index contributed by atoms with van der Waals surface area (Å²) in [5, 5.41) is 4.83. The monoisotopic (exact) mass is 338 g/mol. The van der Waals surface area contributed by atoms with Crippen LogP contribution < -0.4 is 0 Å². The first kappa shape index (κ1) is 16.8. The van der Waals surface area contributed by atoms with E-state index in [0.717, 1.165) is 38.9 Å². The van der Waals surface area contributed by atoms with E-state index in [0.29, 0.717) is 16.8 Å². The van der Waals surface area contributed by atoms with Crippen LogP contribution in [0.15, 0.2) is 6.20 Å². The first-order chi connectivity index (χ1) is 11.2. The van der Waals surface area contributed by atoms with Gasteiger partial charge in [0, 0.05) is 31.9 Å². The molecular formula is C17H27ClN4O. The number of amides is 1. The van der Waals surface area contributed by atoms with Crippen molar-refractivity contribution in [2.75, 3.05) is 26.2 Å². The maximum Gasteiger partial charge on any atom is 0.276 e. The molecule has 2 aliphatic heterocycles. The Labute approximate surface area is 143 Å². The van der Waals surface area contributed by atoms with Gasteiger partial charge in [-0.3, -0.25) is 9.48 Å². The topological polar surface area (TPSA) is 41.4 Å². The lowest BCUT2D eigenvalue weighted by Crippen LogP contribution is -2.45. The van der Waals surface area contributed by atoms with Crippen molar-refractivity contribution in [1.29, 1.82) is 0 Å². The third-order valence-corrected chi connectivity index (χ3v) is 5.39. The molecule has 128 valence electrons. The highest BCUT2D eigenvalue weighted by atomic mass is 35.5. The van der Waals surface area contributed by atoms with Crippen LogP contribution in [-0.4, -0.2) is 57.7 Å². The van der Waals surface area contributed by atoms with Gasteiger partial charge in [-0.2, -0.15) is 5.10 Å². The third kappa shape index (κ3) is 3.89. The number of likely N-dealkylation sites (tertiary alicyclic amines) is 2. The predicted molar refractivity (Wildman–Crippen MR) is 91.9 cm³/mol. The van der Waals surface area contributed by atoms with Crippen molar-refractivity contribution < 1.29 is 4.79 Å². The van der Waals surface area contributed by atoms with Crippen LogP contribution in [0.2, 0.25) is 5.02 Å². The van der Waals surface area contributed by atoms with Gasteiger partial charge in [0.25, 0.3) is 5.91 Å². The summed E-state index contributed by atoms with van der Waals surface area (Å²) in [7, 11) is 0. The van der Waals surface area contributed by atoms with Crippen LogP contribution in [0.4, 0.5) is 0 Å². The van der Waals surface area contributed by atoms with Gasteiger partial charge in [0.2, 0.25) is 0 Å². The molecule has 2 saturated heterocycles. The minimum Gasteiger partial charge on any atom is -0.334 e. The number of rotatable bonds is 5. The van der Waals surface area contributed by atoms with Crippen molar-refractivity contribution in [2.24, 2.45) is 0 Å². The molecule has 0 bridgehead atoms. The molecule has 0 radical (unpaired) electrons. The van der Waals surface area contributed by atoms with Crippen LogP contribution in [-0.2, 0) is 6.54 Å². The zero-order chi connectivity index (χ0) is 16.2. The smallest absolute Gasteiger partial charge is 0.276 e. The Hall–Kier alpha value is -1.07. The molecule has 2 fully saturated rings. The normalized spacial score (nSPS) is 22.7. The van der Waals surface area contributed by atoms with E-state index in [-0.39, 0.29) is 5.91 Å². The largest absolute Gasteiger partial charge is 0.334 e. The number of hydrogen-bond acceptors (Lipinski definition) is 3. The molecule has 0 aromatic carbocycles. The van der Waals surface area contributed by atoms with Gasteiger partial charge >= 0.3 is 0 Å². The highest BCUT2D eigenvalue weighted by molar-refractivity contribution is 6.33. The fourth-order valence-electron chi connectivity index (χ4n) is 3.75. The lowest BCUT2D eigenvalue weighted by Gasteiger charge is -2.36. The zero-order valence-electron chi connectivity index (χ0n) is 14.0. The number of aromatic nitrogens is 2. The number of hydrogen-bond donors (Lipinski definition) is 0. The molecule has 0 saturated carbocycles. The van der Waals surface area contributed by atoms with Gasteiger partial charge in [-0.05, 0) is 58.5 Å². The van der Waals surface area contributed by atoms with E-state index in [2.05, 4.69) is 10.00 Å². The van der Waals surface area contributed by atoms with E-state index in [4.69, 9.17) is 11.6 Å². The minimum absolute atomic E-state index is 0.00771. The molecule has 1 amide bonds. The van der Waals surface area contributed by atoms with E-state index in [1.807, 2.05) is 11.8 Å². The summed E-state index contributed by atoms with van der Waals surface area (Å²) in [5.74, 6) is 0.00771. The van der Waals surface area contributed by atoms with Gasteiger partial charge in [0.05, 0.1) is 5.02 Å². The average molecular weight is 339 g/mol. The van der Waals surface area contributed by atoms with Crippen LogP contribution in [0.3, 0.4) is 0 Å². The summed E-state index contributed by atoms with van der Waals surface area (Å²) in [6, 6.07) is 0.333. The fraction of sp³-hybridized carbons (Fsp3) is 0.765. The lowest BCUT2D eigenvalue weighted by molar-refractivity contribution is 0.0581. The SMILES string of the molecule is CCn1cc(Cl)c(C(=O)N2CCCCC2CCN2CCCC2)n1. The second-order valence-electron chi connectivity index (χ2n) is 6.67. The van der Waals surface area contributed by atoms with Gasteiger partial charge in [0.15, 0.2) is 5.69 Å². The molecule has 23 heavy (non-hydrogen) atoms. The highest BCUT2D eigenvalue weighted by Crippen LogP contribution is 2.25. The van der Waals surface area contributed by atoms with Crippen molar-refractivity contribution in [3.05, 3.63) is 16.9 Å². The number of carbonyl (C=O) groups is 1. The summed E-state index contributed by atoms with van der Waals surface area (Å²) in [5.41, 5.74) is 0.418. The van der Waals surface area contributed by atoms with E-state index in [1.165, 1.54) is 32.4 Å². The fourth-order valence-corrected chi connectivity index (χ4v) is 3.98. The molecule has 0 aliphatic carbocycles. The number of halogens is 1. The number of piperidine rings is 1. The number of nitrogens with zero attached hydrogens (tertiary/aromatic N) is 4. The standard InChI is InChI=1S/C17H27ClN4O/c1-2-21-13-15(18)16(19-21)17(23)22-11-4-3-7-14(22)8-12-20-9-5-6-10-20/h13-14H,2-12H2,1H3. The summed E-state index contributed by atoms with van der Waals surface area (Å²) in [6.07, 6.45) is 8.85. The summed E-state index contributed by atoms with van der Waals surface area (Å²) in [4.78, 5) is 17.5. The average Bonchev–Trinajstić information content (AvgIpc) is 3.22. The van der Waals surface area contributed by atoms with Crippen LogP contribution in [0.5, 0.6) is 0 Å². The minimum atomic E-state index is 0.00771. The van der Waals surface area contributed by atoms with E-state index in [9.17, 15) is 4.79 Å². The highest BCUT2D eigenvalue weighted by Gasteiger charge is 2.30. The molecule has 2 aliphatic rings. The van der Waals surface area contributed by atoms with Gasteiger partial charge in [-0.15, -0.1) is 0 Å². The van der Waals surface area contributed by atoms with Gasteiger partial charge in [-0.25, -0.2) is 0 Å². The molecule has 1 aromatic heterocycles. The first-order valence-electron chi connectivity index (χ1n) is 8.95. The summed E-state index contributed by atoms with van der Waals surface area (Å²) < 4.78 is 1.73. The maximum absolute atomic E-state index is 12.9. The van der Waals surface area contributed by atoms with Crippen molar-refractivity contribution in [1.82, 2.24) is 19.6 Å². The Balaban J connectivity index is 1.66. The van der Waals surface area contributed by atoms with E-state index >= 15 is 0 Å². The predicted octanol–water partition coefficient (Wildman–Crippen LogP) is 3.04. The Morgan fingerprint density at radius 3 is 2.70 bits per heavy atom. The number of aryl methyl sites for hydroxylation is 1. The van der Waals surface area contributed by atoms with Gasteiger partial charge in [0.1, 0.15) is 0 Å². The van der Waals surface area contributed by atoms with E-state index in [1.54, 1.807) is 10.9 Å². The maximum atomic E-state index is 12.9. The second-order valence-corrected chi connectivity index (χ2v) is 7.07. The van der Waals surface area contributed by atoms with Crippen molar-refractivity contribution in [3.8, 4) is 0 Å². The molecule has 6 heteroatoms. The van der Waals surface area contributed by atoms with Crippen LogP contribution in [0.25, 0.3) is 0 Å². The Morgan fingerprint density at radius 1 is 1.26 bits per heavy atom. The first-order valence-corrected chi connectivity index (χ1v) is 9.33. The molecular weight excluding hydrogens is 312 g/mol. The van der Waals surface area contributed by atoms with Crippen molar-refractivity contribution in [3.63, 3.8) is 0 Å². The second kappa shape index (κ2) is 7.67. The summed E-state index contributed by atoms with van der Waals surface area (Å²) >= 11 is 6.23. The lowest BCUT2D eigenvalue weighted by atomic mass is 9.98. The number of carbonyl (C=O) groups excluding carboxylic acids is 1. The Bertz CT molecular complexity index is 539. The van der Waals surface area contributed by atoms with Gasteiger partial charge in [-0.1, -0.05) is 11.6 Å². The quantitative estimate of drug-likeness (QED) is 0.828. The van der Waals surface area contributed by atoms with Crippen LogP contribution in [0.1, 0.15) is 55.9 Å². The summed E-state index contributed by atoms with van der Waals surface area (Å²) in [6.45, 7) is 7.09. The molecule has 3 rings (SSSR count). The molecule has 1 atom stereocenters. The van der Waals surface area contributed by atoms with Crippen molar-refractivity contribution >= 4 is 17.5 Å². The third-order valence-electron chi connectivity index (χ3n) is 5.11. The Kier molecular flexibility index (Phi) is 5.59. The molecule has 5 nitrogen and oxygen atoms in total. The zero-order valence-corrected chi connectivity index (χ0v) is 14.8. The van der Waals surface area contributed by atoms with Crippen molar-refractivity contribution in [2.45, 2.75) is 58.0 Å². The Morgan fingerprint density at radius 2 is 2.00 bits per heavy atom. The van der Waals surface area contributed by atoms with Gasteiger partial charge < -0.3 is 9.80 Å². The van der Waals surface area contributed by atoms with Crippen LogP contribution in [0, 0.1) is 0 Å². The molecule has 0 spiro atoms. The molecule has 3 heterocycles. The van der Waals surface area contributed by atoms with E-state index < -0.39 is 0 Å². The van der Waals surface area contributed by atoms with Crippen LogP contribution >= 0.6 is 11.6 Å². The molecule has 0 N–H and O–H groups in total. The molecule has 1 aromatic rings.